The highest BCUT2D eigenvalue weighted by atomic mass is 35.5. The van der Waals surface area contributed by atoms with Gasteiger partial charge >= 0.3 is 6.43 Å². The van der Waals surface area contributed by atoms with Crippen LogP contribution in [0.4, 0.5) is 13.2 Å². The zero-order chi connectivity index (χ0) is 22.5. The van der Waals surface area contributed by atoms with E-state index in [4.69, 9.17) is 20.8 Å². The largest absolute Gasteiger partial charge is 0.484 e. The monoisotopic (exact) mass is 455 g/mol. The topological polar surface area (TPSA) is 61.0 Å². The zero-order valence-corrected chi connectivity index (χ0v) is 17.0. The lowest BCUT2D eigenvalue weighted by Crippen LogP contribution is -2.00. The van der Waals surface area contributed by atoms with Gasteiger partial charge in [0.05, 0.1) is 11.3 Å². The Morgan fingerprint density at radius 1 is 1.00 bits per heavy atom. The molecule has 2 heterocycles. The molecule has 0 amide bonds. The van der Waals surface area contributed by atoms with Gasteiger partial charge in [-0.2, -0.15) is 8.78 Å². The smallest absolute Gasteiger partial charge is 0.314 e. The predicted molar refractivity (Wildman–Crippen MR) is 111 cm³/mol. The van der Waals surface area contributed by atoms with Crippen LogP contribution in [-0.4, -0.2) is 15.2 Å². The van der Waals surface area contributed by atoms with Crippen molar-refractivity contribution in [3.63, 3.8) is 0 Å². The second-order valence-corrected chi connectivity index (χ2v) is 6.92. The Balaban J connectivity index is 1.44. The molecule has 0 aliphatic rings. The van der Waals surface area contributed by atoms with Gasteiger partial charge in [-0.1, -0.05) is 29.5 Å². The van der Waals surface area contributed by atoms with E-state index in [-0.39, 0.29) is 18.2 Å². The maximum absolute atomic E-state index is 14.1. The Kier molecular flexibility index (Phi) is 6.38. The number of hydrogen-bond donors (Lipinski definition) is 0. The Labute approximate surface area is 185 Å². The van der Waals surface area contributed by atoms with E-state index in [0.29, 0.717) is 21.8 Å². The van der Waals surface area contributed by atoms with Crippen molar-refractivity contribution in [1.29, 1.82) is 0 Å². The summed E-state index contributed by atoms with van der Waals surface area (Å²) in [6.07, 6.45) is -1.47. The predicted octanol–water partition coefficient (Wildman–Crippen LogP) is 5.84. The van der Waals surface area contributed by atoms with Crippen molar-refractivity contribution in [2.45, 2.75) is 13.0 Å². The van der Waals surface area contributed by atoms with E-state index in [1.54, 1.807) is 36.4 Å². The van der Waals surface area contributed by atoms with Crippen LogP contribution in [0, 0.1) is 17.7 Å². The third-order valence-electron chi connectivity index (χ3n) is 4.18. The number of halogens is 4. The lowest BCUT2D eigenvalue weighted by molar-refractivity contribution is 0.116. The molecule has 0 saturated heterocycles. The number of alkyl halides is 2. The third-order valence-corrected chi connectivity index (χ3v) is 4.42. The number of rotatable bonds is 5. The quantitative estimate of drug-likeness (QED) is 0.354. The molecule has 0 unspecified atom stereocenters. The van der Waals surface area contributed by atoms with Crippen molar-refractivity contribution in [3.05, 3.63) is 94.3 Å². The van der Waals surface area contributed by atoms with Gasteiger partial charge < -0.3 is 9.15 Å². The normalized spacial score (nSPS) is 10.7. The molecule has 0 aliphatic carbocycles. The van der Waals surface area contributed by atoms with Crippen LogP contribution < -0.4 is 4.74 Å². The van der Waals surface area contributed by atoms with Crippen LogP contribution in [0.15, 0.2) is 65.2 Å². The molecule has 4 rings (SSSR count). The SMILES string of the molecule is Fc1ccc(C#Cc2cccc(Cl)c2)cc1OCc1ccc(-c2nnc(C(F)F)o2)cn1. The number of ether oxygens (including phenoxy) is 1. The van der Waals surface area contributed by atoms with Gasteiger partial charge in [-0.15, -0.1) is 10.2 Å². The van der Waals surface area contributed by atoms with Crippen molar-refractivity contribution in [1.82, 2.24) is 15.2 Å². The molecule has 32 heavy (non-hydrogen) atoms. The van der Waals surface area contributed by atoms with Gasteiger partial charge in [-0.3, -0.25) is 4.98 Å². The molecule has 0 fully saturated rings. The van der Waals surface area contributed by atoms with Crippen molar-refractivity contribution in [3.8, 4) is 29.0 Å². The van der Waals surface area contributed by atoms with Gasteiger partial charge in [-0.25, -0.2) is 4.39 Å². The van der Waals surface area contributed by atoms with E-state index < -0.39 is 18.1 Å². The van der Waals surface area contributed by atoms with Crippen LogP contribution >= 0.6 is 11.6 Å². The Hall–Kier alpha value is -3.83. The van der Waals surface area contributed by atoms with Crippen LogP contribution in [0.2, 0.25) is 5.02 Å². The number of aromatic nitrogens is 3. The van der Waals surface area contributed by atoms with Gasteiger partial charge in [0.2, 0.25) is 5.89 Å². The summed E-state index contributed by atoms with van der Waals surface area (Å²) in [6, 6.07) is 14.5. The van der Waals surface area contributed by atoms with E-state index in [9.17, 15) is 13.2 Å². The average molecular weight is 456 g/mol. The van der Waals surface area contributed by atoms with Crippen LogP contribution in [0.25, 0.3) is 11.5 Å². The fourth-order valence-corrected chi connectivity index (χ4v) is 2.82. The standard InChI is InChI=1S/C23H13ClF3N3O2/c24-17-3-1-2-14(10-17)4-5-15-6-9-19(25)20(11-15)31-13-18-8-7-16(12-28-18)22-29-30-23(32-22)21(26)27/h1-3,6-12,21H,13H2. The van der Waals surface area contributed by atoms with Crippen LogP contribution in [-0.2, 0) is 6.61 Å². The van der Waals surface area contributed by atoms with E-state index >= 15 is 0 Å². The fourth-order valence-electron chi connectivity index (χ4n) is 2.63. The first-order chi connectivity index (χ1) is 15.5. The minimum atomic E-state index is -2.85. The maximum atomic E-state index is 14.1. The van der Waals surface area contributed by atoms with Crippen LogP contribution in [0.1, 0.15) is 29.1 Å². The lowest BCUT2D eigenvalue weighted by atomic mass is 10.1. The molecular formula is C23H13ClF3N3O2. The molecule has 9 heteroatoms. The molecule has 0 saturated carbocycles. The summed E-state index contributed by atoms with van der Waals surface area (Å²) in [5.41, 5.74) is 2.15. The number of nitrogens with zero attached hydrogens (tertiary/aromatic N) is 3. The molecule has 160 valence electrons. The summed E-state index contributed by atoms with van der Waals surface area (Å²) in [4.78, 5) is 4.16. The van der Waals surface area contributed by atoms with Crippen LogP contribution in [0.3, 0.4) is 0 Å². The molecule has 0 spiro atoms. The highest BCUT2D eigenvalue weighted by Crippen LogP contribution is 2.23. The van der Waals surface area contributed by atoms with Gasteiger partial charge in [-0.05, 0) is 48.5 Å². The van der Waals surface area contributed by atoms with Gasteiger partial charge in [0.25, 0.3) is 5.89 Å². The summed E-state index contributed by atoms with van der Waals surface area (Å²) < 4.78 is 49.7. The van der Waals surface area contributed by atoms with Crippen LogP contribution in [0.5, 0.6) is 5.75 Å². The Morgan fingerprint density at radius 3 is 2.50 bits per heavy atom. The Morgan fingerprint density at radius 2 is 1.81 bits per heavy atom. The van der Waals surface area contributed by atoms with Gasteiger partial charge in [0.1, 0.15) is 6.61 Å². The number of benzene rings is 2. The maximum Gasteiger partial charge on any atom is 0.314 e. The first-order valence-corrected chi connectivity index (χ1v) is 9.62. The second-order valence-electron chi connectivity index (χ2n) is 6.48. The fraction of sp³-hybridized carbons (Fsp3) is 0.0870. The summed E-state index contributed by atoms with van der Waals surface area (Å²) in [5.74, 6) is 4.55. The lowest BCUT2D eigenvalue weighted by Gasteiger charge is -2.07. The van der Waals surface area contributed by atoms with Gasteiger partial charge in [0, 0.05) is 22.3 Å². The van der Waals surface area contributed by atoms with Crippen molar-refractivity contribution >= 4 is 11.6 Å². The molecular weight excluding hydrogens is 443 g/mol. The number of hydrogen-bond acceptors (Lipinski definition) is 5. The molecule has 4 aromatic rings. The molecule has 2 aromatic carbocycles. The zero-order valence-electron chi connectivity index (χ0n) is 16.2. The first-order valence-electron chi connectivity index (χ1n) is 9.25. The molecule has 0 radical (unpaired) electrons. The van der Waals surface area contributed by atoms with Crippen molar-refractivity contribution in [2.75, 3.05) is 0 Å². The highest BCUT2D eigenvalue weighted by molar-refractivity contribution is 6.30. The third kappa shape index (κ3) is 5.25. The summed E-state index contributed by atoms with van der Waals surface area (Å²) in [5, 5.41) is 7.40. The number of pyridine rings is 1. The average Bonchev–Trinajstić information content (AvgIpc) is 3.29. The summed E-state index contributed by atoms with van der Waals surface area (Å²) >= 11 is 5.94. The van der Waals surface area contributed by atoms with E-state index in [2.05, 4.69) is 27.0 Å². The van der Waals surface area contributed by atoms with E-state index in [1.165, 1.54) is 18.3 Å². The first kappa shape index (κ1) is 21.4. The van der Waals surface area contributed by atoms with Crippen molar-refractivity contribution < 1.29 is 22.3 Å². The minimum absolute atomic E-state index is 0.0194. The molecule has 0 N–H and O–H groups in total. The molecule has 0 aliphatic heterocycles. The molecule has 0 atom stereocenters. The summed E-state index contributed by atoms with van der Waals surface area (Å²) in [6.45, 7) is -0.0194. The summed E-state index contributed by atoms with van der Waals surface area (Å²) in [7, 11) is 0. The Bertz CT molecular complexity index is 1300. The second kappa shape index (κ2) is 9.54. The molecule has 2 aromatic heterocycles. The van der Waals surface area contributed by atoms with Crippen molar-refractivity contribution in [2.24, 2.45) is 0 Å². The molecule has 0 bridgehead atoms. The minimum Gasteiger partial charge on any atom is -0.484 e. The highest BCUT2D eigenvalue weighted by Gasteiger charge is 2.17. The molecule has 5 nitrogen and oxygen atoms in total. The van der Waals surface area contributed by atoms with E-state index in [0.717, 1.165) is 5.56 Å². The van der Waals surface area contributed by atoms with Gasteiger partial charge in [0.15, 0.2) is 11.6 Å². The van der Waals surface area contributed by atoms with E-state index in [1.807, 2.05) is 6.07 Å².